The quantitative estimate of drug-likeness (QED) is 0.605. The van der Waals surface area contributed by atoms with E-state index in [2.05, 4.69) is 26.1 Å². The van der Waals surface area contributed by atoms with Crippen LogP contribution in [-0.4, -0.2) is 13.1 Å². The molecule has 1 heteroatoms. The summed E-state index contributed by atoms with van der Waals surface area (Å²) < 4.78 is 0. The van der Waals surface area contributed by atoms with Crippen LogP contribution in [0.15, 0.2) is 0 Å². The topological polar surface area (TPSA) is 12.0 Å². The SMILES string of the molecule is CCNCC1C(C)[C@H]1C. The standard InChI is InChI=1S/C8H17N/c1-4-9-5-8-6(2)7(8)3/h6-9H,4-5H2,1-3H3/t6-,7?,8?/m1/s1. The zero-order valence-corrected chi connectivity index (χ0v) is 6.65. The summed E-state index contributed by atoms with van der Waals surface area (Å²) in [5, 5.41) is 3.37. The van der Waals surface area contributed by atoms with E-state index in [0.717, 1.165) is 24.3 Å². The third kappa shape index (κ3) is 1.45. The predicted molar refractivity (Wildman–Crippen MR) is 40.4 cm³/mol. The Morgan fingerprint density at radius 3 is 2.11 bits per heavy atom. The summed E-state index contributed by atoms with van der Waals surface area (Å²) >= 11 is 0. The van der Waals surface area contributed by atoms with Gasteiger partial charge in [0.05, 0.1) is 0 Å². The van der Waals surface area contributed by atoms with Crippen LogP contribution in [0.3, 0.4) is 0 Å². The van der Waals surface area contributed by atoms with Gasteiger partial charge in [0.2, 0.25) is 0 Å². The van der Waals surface area contributed by atoms with Crippen LogP contribution in [-0.2, 0) is 0 Å². The van der Waals surface area contributed by atoms with Crippen molar-refractivity contribution in [1.82, 2.24) is 5.32 Å². The van der Waals surface area contributed by atoms with Gasteiger partial charge in [-0.25, -0.2) is 0 Å². The minimum absolute atomic E-state index is 0.976. The maximum atomic E-state index is 3.37. The van der Waals surface area contributed by atoms with E-state index in [9.17, 15) is 0 Å². The Morgan fingerprint density at radius 2 is 1.78 bits per heavy atom. The lowest BCUT2D eigenvalue weighted by atomic mass is 10.3. The van der Waals surface area contributed by atoms with Crippen molar-refractivity contribution in [1.29, 1.82) is 0 Å². The second-order valence-electron chi connectivity index (χ2n) is 3.19. The zero-order chi connectivity index (χ0) is 6.85. The first-order chi connectivity index (χ1) is 4.27. The third-order valence-electron chi connectivity index (χ3n) is 2.67. The van der Waals surface area contributed by atoms with Gasteiger partial charge in [0, 0.05) is 0 Å². The van der Waals surface area contributed by atoms with Crippen molar-refractivity contribution >= 4 is 0 Å². The lowest BCUT2D eigenvalue weighted by Crippen LogP contribution is -2.16. The number of hydrogen-bond acceptors (Lipinski definition) is 1. The van der Waals surface area contributed by atoms with Gasteiger partial charge in [0.25, 0.3) is 0 Å². The van der Waals surface area contributed by atoms with Crippen LogP contribution in [0, 0.1) is 17.8 Å². The second kappa shape index (κ2) is 2.70. The minimum atomic E-state index is 0.976. The highest BCUT2D eigenvalue weighted by Crippen LogP contribution is 2.44. The van der Waals surface area contributed by atoms with Crippen molar-refractivity contribution in [2.45, 2.75) is 20.8 Å². The Kier molecular flexibility index (Phi) is 2.12. The molecule has 1 rings (SSSR count). The van der Waals surface area contributed by atoms with Crippen LogP contribution in [0.25, 0.3) is 0 Å². The third-order valence-corrected chi connectivity index (χ3v) is 2.67. The van der Waals surface area contributed by atoms with Gasteiger partial charge >= 0.3 is 0 Å². The number of nitrogens with one attached hydrogen (secondary N) is 1. The van der Waals surface area contributed by atoms with Gasteiger partial charge in [0.15, 0.2) is 0 Å². The fourth-order valence-corrected chi connectivity index (χ4v) is 1.45. The van der Waals surface area contributed by atoms with Crippen molar-refractivity contribution in [2.75, 3.05) is 13.1 Å². The minimum Gasteiger partial charge on any atom is -0.317 e. The molecule has 0 aliphatic heterocycles. The molecule has 54 valence electrons. The van der Waals surface area contributed by atoms with Gasteiger partial charge in [-0.3, -0.25) is 0 Å². The number of hydrogen-bond donors (Lipinski definition) is 1. The Morgan fingerprint density at radius 1 is 1.22 bits per heavy atom. The van der Waals surface area contributed by atoms with Crippen molar-refractivity contribution < 1.29 is 0 Å². The van der Waals surface area contributed by atoms with Gasteiger partial charge in [-0.2, -0.15) is 0 Å². The molecule has 2 unspecified atom stereocenters. The molecule has 0 saturated heterocycles. The summed E-state index contributed by atoms with van der Waals surface area (Å²) in [7, 11) is 0. The van der Waals surface area contributed by atoms with Crippen LogP contribution in [0.4, 0.5) is 0 Å². The van der Waals surface area contributed by atoms with Gasteiger partial charge in [0.1, 0.15) is 0 Å². The molecule has 0 radical (unpaired) electrons. The van der Waals surface area contributed by atoms with Crippen LogP contribution in [0.2, 0.25) is 0 Å². The van der Waals surface area contributed by atoms with Gasteiger partial charge in [-0.05, 0) is 30.8 Å². The monoisotopic (exact) mass is 127 g/mol. The molecule has 1 aliphatic carbocycles. The molecule has 0 amide bonds. The van der Waals surface area contributed by atoms with Crippen LogP contribution in [0.1, 0.15) is 20.8 Å². The largest absolute Gasteiger partial charge is 0.317 e. The average molecular weight is 127 g/mol. The van der Waals surface area contributed by atoms with Crippen molar-refractivity contribution in [3.63, 3.8) is 0 Å². The normalized spacial score (nSPS) is 41.0. The first-order valence-electron chi connectivity index (χ1n) is 3.98. The summed E-state index contributed by atoms with van der Waals surface area (Å²) in [5.74, 6) is 2.93. The molecule has 0 heterocycles. The molecule has 1 fully saturated rings. The molecule has 0 aromatic carbocycles. The van der Waals surface area contributed by atoms with Gasteiger partial charge in [-0.1, -0.05) is 20.8 Å². The first-order valence-corrected chi connectivity index (χ1v) is 3.98. The molecule has 0 spiro atoms. The second-order valence-corrected chi connectivity index (χ2v) is 3.19. The van der Waals surface area contributed by atoms with Crippen LogP contribution in [0.5, 0.6) is 0 Å². The summed E-state index contributed by atoms with van der Waals surface area (Å²) in [4.78, 5) is 0. The smallest absolute Gasteiger partial charge is 0.00153 e. The fraction of sp³-hybridized carbons (Fsp3) is 1.00. The molecule has 0 aromatic heterocycles. The van der Waals surface area contributed by atoms with Crippen molar-refractivity contribution in [2.24, 2.45) is 17.8 Å². The van der Waals surface area contributed by atoms with E-state index in [1.54, 1.807) is 0 Å². The maximum absolute atomic E-state index is 3.37. The summed E-state index contributed by atoms with van der Waals surface area (Å²) in [6.45, 7) is 9.20. The van der Waals surface area contributed by atoms with Crippen molar-refractivity contribution in [3.8, 4) is 0 Å². The number of rotatable bonds is 3. The van der Waals surface area contributed by atoms with Gasteiger partial charge in [-0.15, -0.1) is 0 Å². The fourth-order valence-electron chi connectivity index (χ4n) is 1.45. The van der Waals surface area contributed by atoms with Crippen LogP contribution >= 0.6 is 0 Å². The highest BCUT2D eigenvalue weighted by molar-refractivity contribution is 4.91. The Labute approximate surface area is 57.8 Å². The molecule has 9 heavy (non-hydrogen) atoms. The predicted octanol–water partition coefficient (Wildman–Crippen LogP) is 1.50. The van der Waals surface area contributed by atoms with E-state index in [1.807, 2.05) is 0 Å². The Hall–Kier alpha value is -0.0400. The van der Waals surface area contributed by atoms with E-state index in [1.165, 1.54) is 6.54 Å². The molecular weight excluding hydrogens is 110 g/mol. The first kappa shape index (κ1) is 7.07. The highest BCUT2D eigenvalue weighted by Gasteiger charge is 2.41. The summed E-state index contributed by atoms with van der Waals surface area (Å²) in [6, 6.07) is 0. The Bertz CT molecular complexity index is 82.6. The molecule has 0 aromatic rings. The molecule has 1 N–H and O–H groups in total. The van der Waals surface area contributed by atoms with E-state index in [0.29, 0.717) is 0 Å². The summed E-state index contributed by atoms with van der Waals surface area (Å²) in [5.41, 5.74) is 0. The van der Waals surface area contributed by atoms with Gasteiger partial charge < -0.3 is 5.32 Å². The summed E-state index contributed by atoms with van der Waals surface area (Å²) in [6.07, 6.45) is 0. The lowest BCUT2D eigenvalue weighted by molar-refractivity contribution is 0.618. The molecular formula is C8H17N. The maximum Gasteiger partial charge on any atom is -0.00153 e. The van der Waals surface area contributed by atoms with E-state index in [-0.39, 0.29) is 0 Å². The van der Waals surface area contributed by atoms with E-state index in [4.69, 9.17) is 0 Å². The molecule has 1 nitrogen and oxygen atoms in total. The van der Waals surface area contributed by atoms with Crippen molar-refractivity contribution in [3.05, 3.63) is 0 Å². The zero-order valence-electron chi connectivity index (χ0n) is 6.65. The Balaban J connectivity index is 2.04. The average Bonchev–Trinajstić information content (AvgIpc) is 2.39. The highest BCUT2D eigenvalue weighted by atomic mass is 14.9. The molecule has 1 saturated carbocycles. The van der Waals surface area contributed by atoms with E-state index >= 15 is 0 Å². The molecule has 3 atom stereocenters. The lowest BCUT2D eigenvalue weighted by Gasteiger charge is -1.96. The molecule has 0 bridgehead atoms. The van der Waals surface area contributed by atoms with E-state index < -0.39 is 0 Å². The van der Waals surface area contributed by atoms with Crippen LogP contribution < -0.4 is 5.32 Å². The molecule has 1 aliphatic rings.